The van der Waals surface area contributed by atoms with Gasteiger partial charge in [0, 0.05) is 17.6 Å². The van der Waals surface area contributed by atoms with Crippen molar-refractivity contribution in [3.8, 4) is 0 Å². The van der Waals surface area contributed by atoms with Crippen molar-refractivity contribution < 1.29 is 19.5 Å². The zero-order valence-corrected chi connectivity index (χ0v) is 12.0. The molecule has 0 radical (unpaired) electrons. The Morgan fingerprint density at radius 1 is 1.23 bits per heavy atom. The molecule has 1 unspecified atom stereocenters. The average Bonchev–Trinajstić information content (AvgIpc) is 2.52. The van der Waals surface area contributed by atoms with Gasteiger partial charge >= 0.3 is 5.97 Å². The van der Waals surface area contributed by atoms with Crippen molar-refractivity contribution in [3.05, 3.63) is 72.4 Å². The molecule has 0 aliphatic carbocycles. The van der Waals surface area contributed by atoms with E-state index in [2.05, 4.69) is 18.5 Å². The molecule has 1 aromatic rings. The highest BCUT2D eigenvalue weighted by atomic mass is 16.4. The zero-order chi connectivity index (χ0) is 16.5. The average molecular weight is 299 g/mol. The smallest absolute Gasteiger partial charge is 0.326 e. The lowest BCUT2D eigenvalue weighted by molar-refractivity contribution is -0.140. The van der Waals surface area contributed by atoms with E-state index in [9.17, 15) is 14.4 Å². The van der Waals surface area contributed by atoms with Crippen LogP contribution in [0.5, 0.6) is 0 Å². The largest absolute Gasteiger partial charge is 0.480 e. The van der Waals surface area contributed by atoms with Crippen molar-refractivity contribution in [2.75, 3.05) is 0 Å². The first-order chi connectivity index (χ1) is 10.5. The van der Waals surface area contributed by atoms with Crippen LogP contribution >= 0.6 is 0 Å². The first-order valence-electron chi connectivity index (χ1n) is 6.54. The molecule has 0 aromatic heterocycles. The highest BCUT2D eigenvalue weighted by Crippen LogP contribution is 2.12. The summed E-state index contributed by atoms with van der Waals surface area (Å²) >= 11 is 0. The highest BCUT2D eigenvalue weighted by molar-refractivity contribution is 6.10. The summed E-state index contributed by atoms with van der Waals surface area (Å²) in [5.74, 6) is -1.31. The molecule has 1 aromatic carbocycles. The molecule has 114 valence electrons. The lowest BCUT2D eigenvalue weighted by atomic mass is 9.99. The summed E-state index contributed by atoms with van der Waals surface area (Å²) < 4.78 is 0. The van der Waals surface area contributed by atoms with Crippen LogP contribution in [0.4, 0.5) is 0 Å². The Morgan fingerprint density at radius 2 is 1.86 bits per heavy atom. The normalized spacial score (nSPS) is 12.1. The molecule has 1 atom stereocenters. The van der Waals surface area contributed by atoms with Crippen molar-refractivity contribution in [1.82, 2.24) is 5.32 Å². The van der Waals surface area contributed by atoms with Gasteiger partial charge in [0.2, 0.25) is 6.41 Å². The maximum Gasteiger partial charge on any atom is 0.326 e. The fraction of sp³-hybridized carbons (Fsp3) is 0.118. The molecule has 5 heteroatoms. The van der Waals surface area contributed by atoms with Crippen LogP contribution in [0, 0.1) is 0 Å². The second kappa shape index (κ2) is 8.36. The Bertz CT molecular complexity index is 614. The Hall–Kier alpha value is -2.95. The number of carbonyl (C=O) groups is 3. The molecular weight excluding hydrogens is 282 g/mol. The van der Waals surface area contributed by atoms with Gasteiger partial charge in [-0.25, -0.2) is 4.79 Å². The van der Waals surface area contributed by atoms with E-state index in [0.717, 1.165) is 0 Å². The number of hydrogen-bond donors (Lipinski definition) is 2. The second-order valence-corrected chi connectivity index (χ2v) is 4.47. The summed E-state index contributed by atoms with van der Waals surface area (Å²) in [4.78, 5) is 33.5. The van der Waals surface area contributed by atoms with Crippen LogP contribution in [-0.4, -0.2) is 29.3 Å². The van der Waals surface area contributed by atoms with Gasteiger partial charge in [-0.15, -0.1) is 0 Å². The topological polar surface area (TPSA) is 83.5 Å². The molecule has 0 bridgehead atoms. The molecule has 0 aliphatic rings. The Kier molecular flexibility index (Phi) is 6.50. The Morgan fingerprint density at radius 3 is 2.32 bits per heavy atom. The summed E-state index contributed by atoms with van der Waals surface area (Å²) in [7, 11) is 0. The number of carboxylic acids is 1. The fourth-order valence-corrected chi connectivity index (χ4v) is 1.86. The third-order valence-electron chi connectivity index (χ3n) is 3.00. The molecule has 5 nitrogen and oxygen atoms in total. The van der Waals surface area contributed by atoms with Crippen LogP contribution in [0.1, 0.15) is 15.9 Å². The lowest BCUT2D eigenvalue weighted by Gasteiger charge is -2.11. The lowest BCUT2D eigenvalue weighted by Crippen LogP contribution is -2.37. The van der Waals surface area contributed by atoms with Crippen molar-refractivity contribution in [1.29, 1.82) is 0 Å². The first-order valence-corrected chi connectivity index (χ1v) is 6.54. The van der Waals surface area contributed by atoms with Crippen molar-refractivity contribution in [2.24, 2.45) is 0 Å². The zero-order valence-electron chi connectivity index (χ0n) is 12.0. The number of amides is 1. The SMILES string of the molecule is C=C/C=C(\C=C)C(=O)c1ccc(CC(NC=O)C(=O)O)cc1. The van der Waals surface area contributed by atoms with Crippen LogP contribution in [0.2, 0.25) is 0 Å². The van der Waals surface area contributed by atoms with Gasteiger partial charge in [0.1, 0.15) is 6.04 Å². The van der Waals surface area contributed by atoms with Gasteiger partial charge < -0.3 is 10.4 Å². The van der Waals surface area contributed by atoms with E-state index >= 15 is 0 Å². The van der Waals surface area contributed by atoms with Crippen LogP contribution in [-0.2, 0) is 16.0 Å². The van der Waals surface area contributed by atoms with Gasteiger partial charge in [0.05, 0.1) is 0 Å². The Labute approximate surface area is 128 Å². The molecule has 0 fully saturated rings. The van der Waals surface area contributed by atoms with E-state index < -0.39 is 12.0 Å². The molecule has 0 aliphatic heterocycles. The summed E-state index contributed by atoms with van der Waals surface area (Å²) in [5.41, 5.74) is 1.59. The van der Waals surface area contributed by atoms with Crippen molar-refractivity contribution in [2.45, 2.75) is 12.5 Å². The summed E-state index contributed by atoms with van der Waals surface area (Å²) in [6, 6.07) is 5.54. The maximum atomic E-state index is 12.2. The van der Waals surface area contributed by atoms with Gasteiger partial charge in [-0.2, -0.15) is 0 Å². The Balaban J connectivity index is 2.90. The molecule has 0 spiro atoms. The number of rotatable bonds is 9. The third-order valence-corrected chi connectivity index (χ3v) is 3.00. The van der Waals surface area contributed by atoms with Crippen LogP contribution < -0.4 is 5.32 Å². The molecule has 1 rings (SSSR count). The van der Waals surface area contributed by atoms with Gasteiger partial charge in [-0.05, 0) is 5.56 Å². The highest BCUT2D eigenvalue weighted by Gasteiger charge is 2.17. The summed E-state index contributed by atoms with van der Waals surface area (Å²) in [5, 5.41) is 11.2. The minimum atomic E-state index is -1.12. The van der Waals surface area contributed by atoms with Gasteiger partial charge in [-0.1, -0.05) is 55.7 Å². The second-order valence-electron chi connectivity index (χ2n) is 4.47. The van der Waals surface area contributed by atoms with Gasteiger partial charge in [0.15, 0.2) is 5.78 Å². The van der Waals surface area contributed by atoms with E-state index in [-0.39, 0.29) is 12.2 Å². The van der Waals surface area contributed by atoms with Gasteiger partial charge in [0.25, 0.3) is 0 Å². The van der Waals surface area contributed by atoms with Crippen LogP contribution in [0.15, 0.2) is 61.2 Å². The summed E-state index contributed by atoms with van der Waals surface area (Å²) in [6.07, 6.45) is 5.02. The molecule has 22 heavy (non-hydrogen) atoms. The van der Waals surface area contributed by atoms with Crippen LogP contribution in [0.25, 0.3) is 0 Å². The number of aliphatic carboxylic acids is 1. The minimum absolute atomic E-state index is 0.138. The van der Waals surface area contributed by atoms with Crippen molar-refractivity contribution in [3.63, 3.8) is 0 Å². The van der Waals surface area contributed by atoms with Gasteiger partial charge in [-0.3, -0.25) is 9.59 Å². The predicted molar refractivity (Wildman–Crippen MR) is 83.6 cm³/mol. The molecular formula is C17H17NO4. The molecule has 1 amide bonds. The molecule has 0 saturated carbocycles. The predicted octanol–water partition coefficient (Wildman–Crippen LogP) is 1.91. The molecule has 0 heterocycles. The van der Waals surface area contributed by atoms with E-state index in [1.807, 2.05) is 0 Å². The third kappa shape index (κ3) is 4.56. The number of allylic oxidation sites excluding steroid dienone is 4. The number of nitrogens with one attached hydrogen (secondary N) is 1. The van der Waals surface area contributed by atoms with E-state index in [4.69, 9.17) is 5.11 Å². The summed E-state index contributed by atoms with van der Waals surface area (Å²) in [6.45, 7) is 7.12. The number of ketones is 1. The van der Waals surface area contributed by atoms with Crippen LogP contribution in [0.3, 0.4) is 0 Å². The number of carbonyl (C=O) groups excluding carboxylic acids is 2. The number of hydrogen-bond acceptors (Lipinski definition) is 3. The maximum absolute atomic E-state index is 12.2. The minimum Gasteiger partial charge on any atom is -0.480 e. The quantitative estimate of drug-likeness (QED) is 0.316. The number of carboxylic acid groups (broad SMARTS) is 1. The fourth-order valence-electron chi connectivity index (χ4n) is 1.86. The van der Waals surface area contributed by atoms with E-state index in [1.54, 1.807) is 30.3 Å². The number of benzene rings is 1. The standard InChI is InChI=1S/C17H17NO4/c1-3-5-13(4-2)16(20)14-8-6-12(7-9-14)10-15(17(21)22)18-11-19/h3-9,11,15H,1-2,10H2,(H,18,19)(H,21,22)/b13-5+. The number of Topliss-reactive ketones (excluding diaryl/α,β-unsaturated/α-hetero) is 1. The monoisotopic (exact) mass is 299 g/mol. The van der Waals surface area contributed by atoms with E-state index in [1.165, 1.54) is 12.2 Å². The first kappa shape index (κ1) is 17.1. The molecule has 0 saturated heterocycles. The van der Waals surface area contributed by atoms with E-state index in [0.29, 0.717) is 23.1 Å². The molecule has 2 N–H and O–H groups in total. The van der Waals surface area contributed by atoms with Crippen molar-refractivity contribution >= 4 is 18.2 Å².